The molecule has 0 aromatic heterocycles. The molecule has 0 aliphatic carbocycles. The normalized spacial score (nSPS) is 13.5. The zero-order chi connectivity index (χ0) is 24.6. The molecule has 35 heavy (non-hydrogen) atoms. The first kappa shape index (κ1) is 24.4. The van der Waals surface area contributed by atoms with Crippen LogP contribution >= 0.6 is 23.8 Å². The van der Waals surface area contributed by atoms with Crippen molar-refractivity contribution >= 4 is 58.2 Å². The van der Waals surface area contributed by atoms with Gasteiger partial charge in [0.15, 0.2) is 5.11 Å². The molecule has 3 aromatic rings. The van der Waals surface area contributed by atoms with Crippen molar-refractivity contribution in [3.05, 3.63) is 101 Å². The average molecular weight is 505 g/mol. The summed E-state index contributed by atoms with van der Waals surface area (Å²) in [5.74, 6) is -0.274. The van der Waals surface area contributed by atoms with Crippen molar-refractivity contribution in [3.63, 3.8) is 0 Å². The van der Waals surface area contributed by atoms with Crippen LogP contribution in [0.2, 0.25) is 5.02 Å². The van der Waals surface area contributed by atoms with Crippen LogP contribution in [-0.4, -0.2) is 48.0 Å². The van der Waals surface area contributed by atoms with Crippen molar-refractivity contribution in [3.8, 4) is 0 Å². The fourth-order valence-electron chi connectivity index (χ4n) is 3.75. The van der Waals surface area contributed by atoms with E-state index in [0.717, 1.165) is 30.0 Å². The monoisotopic (exact) mass is 504 g/mol. The molecule has 0 saturated carbocycles. The number of nitrogens with zero attached hydrogens (tertiary/aromatic N) is 2. The largest absolute Gasteiger partial charge is 0.368 e. The Morgan fingerprint density at radius 2 is 1.51 bits per heavy atom. The van der Waals surface area contributed by atoms with Gasteiger partial charge in [0, 0.05) is 54.2 Å². The number of thiocarbonyl (C=S) groups is 1. The fourth-order valence-corrected chi connectivity index (χ4v) is 4.09. The summed E-state index contributed by atoms with van der Waals surface area (Å²) in [6.07, 6.45) is 3.18. The number of hydrogen-bond donors (Lipinski definition) is 2. The van der Waals surface area contributed by atoms with Gasteiger partial charge in [-0.1, -0.05) is 41.9 Å². The molecule has 1 aliphatic heterocycles. The molecule has 0 bridgehead atoms. The lowest BCUT2D eigenvalue weighted by atomic mass is 10.1. The lowest BCUT2D eigenvalue weighted by molar-refractivity contribution is -0.115. The molecule has 0 radical (unpaired) electrons. The molecule has 4 rings (SSSR count). The number of hydrogen-bond acceptors (Lipinski definition) is 4. The molecule has 6 nitrogen and oxygen atoms in total. The van der Waals surface area contributed by atoms with Crippen LogP contribution in [0.15, 0.2) is 84.9 Å². The van der Waals surface area contributed by atoms with E-state index in [2.05, 4.69) is 15.5 Å². The van der Waals surface area contributed by atoms with Gasteiger partial charge in [-0.2, -0.15) is 0 Å². The van der Waals surface area contributed by atoms with Crippen LogP contribution in [0.4, 0.5) is 11.4 Å². The smallest absolute Gasteiger partial charge is 0.253 e. The van der Waals surface area contributed by atoms with E-state index in [9.17, 15) is 9.59 Å². The molecule has 3 aromatic carbocycles. The van der Waals surface area contributed by atoms with Crippen molar-refractivity contribution in [2.24, 2.45) is 0 Å². The molecular formula is C27H25ClN4O2S. The van der Waals surface area contributed by atoms with E-state index in [1.165, 1.54) is 6.08 Å². The molecule has 2 amide bonds. The Bertz CT molecular complexity index is 1210. The molecular weight excluding hydrogens is 480 g/mol. The highest BCUT2D eigenvalue weighted by atomic mass is 35.5. The van der Waals surface area contributed by atoms with Gasteiger partial charge >= 0.3 is 0 Å². The standard InChI is InChI=1S/C27H25ClN4O2S/c28-22-9-7-21(8-10-22)26(34)32-18-16-31(17-19-32)24-13-11-23(12-14-24)29-27(35)30-25(33)15-6-20-4-2-1-3-5-20/h1-15H,16-19H2,(H2,29,30,33,35). The van der Waals surface area contributed by atoms with Crippen molar-refractivity contribution in [2.45, 2.75) is 0 Å². The van der Waals surface area contributed by atoms with Gasteiger partial charge in [0.1, 0.15) is 0 Å². The second-order valence-corrected chi connectivity index (χ2v) is 8.87. The van der Waals surface area contributed by atoms with E-state index >= 15 is 0 Å². The predicted molar refractivity (Wildman–Crippen MR) is 146 cm³/mol. The number of nitrogens with one attached hydrogen (secondary N) is 2. The van der Waals surface area contributed by atoms with Crippen molar-refractivity contribution in [2.75, 3.05) is 36.4 Å². The maximum Gasteiger partial charge on any atom is 0.253 e. The molecule has 8 heteroatoms. The summed E-state index contributed by atoms with van der Waals surface area (Å²) in [4.78, 5) is 28.9. The molecule has 0 unspecified atom stereocenters. The third-order valence-electron chi connectivity index (χ3n) is 5.61. The minimum Gasteiger partial charge on any atom is -0.368 e. The average Bonchev–Trinajstić information content (AvgIpc) is 2.89. The van der Waals surface area contributed by atoms with Gasteiger partial charge in [-0.3, -0.25) is 14.9 Å². The first-order valence-corrected chi connectivity index (χ1v) is 12.0. The van der Waals surface area contributed by atoms with Crippen LogP contribution in [0, 0.1) is 0 Å². The van der Waals surface area contributed by atoms with Crippen LogP contribution in [0.25, 0.3) is 6.08 Å². The summed E-state index contributed by atoms with van der Waals surface area (Å²) < 4.78 is 0. The van der Waals surface area contributed by atoms with Gasteiger partial charge < -0.3 is 15.1 Å². The molecule has 1 saturated heterocycles. The third-order valence-corrected chi connectivity index (χ3v) is 6.07. The molecule has 1 fully saturated rings. The summed E-state index contributed by atoms with van der Waals surface area (Å²) in [7, 11) is 0. The zero-order valence-electron chi connectivity index (χ0n) is 19.0. The Labute approximate surface area is 215 Å². The van der Waals surface area contributed by atoms with Crippen LogP contribution < -0.4 is 15.5 Å². The minimum atomic E-state index is -0.297. The Hall–Kier alpha value is -3.68. The fraction of sp³-hybridized carbons (Fsp3) is 0.148. The van der Waals surface area contributed by atoms with Gasteiger partial charge in [0.2, 0.25) is 5.91 Å². The number of benzene rings is 3. The van der Waals surface area contributed by atoms with E-state index in [1.54, 1.807) is 30.3 Å². The summed E-state index contributed by atoms with van der Waals surface area (Å²) >= 11 is 11.2. The van der Waals surface area contributed by atoms with Gasteiger partial charge in [0.05, 0.1) is 0 Å². The number of piperazine rings is 1. The van der Waals surface area contributed by atoms with Gasteiger partial charge in [0.25, 0.3) is 5.91 Å². The number of anilines is 2. The Morgan fingerprint density at radius 1 is 0.857 bits per heavy atom. The van der Waals surface area contributed by atoms with Crippen molar-refractivity contribution < 1.29 is 9.59 Å². The van der Waals surface area contributed by atoms with E-state index in [1.807, 2.05) is 59.5 Å². The quantitative estimate of drug-likeness (QED) is 0.385. The molecule has 2 N–H and O–H groups in total. The lowest BCUT2D eigenvalue weighted by Gasteiger charge is -2.36. The summed E-state index contributed by atoms with van der Waals surface area (Å²) in [6, 6.07) is 24.4. The van der Waals surface area contributed by atoms with Crippen molar-refractivity contribution in [1.29, 1.82) is 0 Å². The SMILES string of the molecule is O=C(C=Cc1ccccc1)NC(=S)Nc1ccc(N2CCN(C(=O)c3ccc(Cl)cc3)CC2)cc1. The lowest BCUT2D eigenvalue weighted by Crippen LogP contribution is -2.48. The Morgan fingerprint density at radius 3 is 2.17 bits per heavy atom. The number of rotatable bonds is 5. The minimum absolute atomic E-state index is 0.0232. The topological polar surface area (TPSA) is 64.7 Å². The van der Waals surface area contributed by atoms with Gasteiger partial charge in [-0.05, 0) is 72.4 Å². The van der Waals surface area contributed by atoms with E-state index in [0.29, 0.717) is 23.7 Å². The van der Waals surface area contributed by atoms with Crippen LogP contribution in [0.1, 0.15) is 15.9 Å². The predicted octanol–water partition coefficient (Wildman–Crippen LogP) is 4.83. The molecule has 0 spiro atoms. The first-order chi connectivity index (χ1) is 17.0. The van der Waals surface area contributed by atoms with Crippen LogP contribution in [0.3, 0.4) is 0 Å². The molecule has 1 heterocycles. The molecule has 0 atom stereocenters. The Kier molecular flexibility index (Phi) is 8.13. The number of amides is 2. The van der Waals surface area contributed by atoms with E-state index in [4.69, 9.17) is 23.8 Å². The third kappa shape index (κ3) is 6.91. The summed E-state index contributed by atoms with van der Waals surface area (Å²) in [6.45, 7) is 2.78. The van der Waals surface area contributed by atoms with Gasteiger partial charge in [-0.15, -0.1) is 0 Å². The maximum absolute atomic E-state index is 12.7. The first-order valence-electron chi connectivity index (χ1n) is 11.2. The van der Waals surface area contributed by atoms with Gasteiger partial charge in [-0.25, -0.2) is 0 Å². The number of halogens is 1. The molecule has 178 valence electrons. The summed E-state index contributed by atoms with van der Waals surface area (Å²) in [5, 5.41) is 6.53. The highest BCUT2D eigenvalue weighted by Crippen LogP contribution is 2.20. The van der Waals surface area contributed by atoms with E-state index in [-0.39, 0.29) is 16.9 Å². The van der Waals surface area contributed by atoms with Crippen molar-refractivity contribution in [1.82, 2.24) is 10.2 Å². The summed E-state index contributed by atoms with van der Waals surface area (Å²) in [5.41, 5.74) is 3.43. The maximum atomic E-state index is 12.7. The van der Waals surface area contributed by atoms with Crippen LogP contribution in [0.5, 0.6) is 0 Å². The second kappa shape index (κ2) is 11.6. The Balaban J connectivity index is 1.25. The molecule has 1 aliphatic rings. The highest BCUT2D eigenvalue weighted by Gasteiger charge is 2.22. The second-order valence-electron chi connectivity index (χ2n) is 8.02. The number of carbonyl (C=O) groups excluding carboxylic acids is 2. The number of carbonyl (C=O) groups is 2. The zero-order valence-corrected chi connectivity index (χ0v) is 20.6. The highest BCUT2D eigenvalue weighted by molar-refractivity contribution is 7.80. The van der Waals surface area contributed by atoms with E-state index < -0.39 is 0 Å². The van der Waals surface area contributed by atoms with Crippen LogP contribution in [-0.2, 0) is 4.79 Å².